The Hall–Kier alpha value is -3.93. The van der Waals surface area contributed by atoms with Crippen LogP contribution in [0, 0.1) is 0 Å². The zero-order chi connectivity index (χ0) is 54.3. The third-order valence-corrected chi connectivity index (χ3v) is 13.2. The summed E-state index contributed by atoms with van der Waals surface area (Å²) in [5.41, 5.74) is 0. The minimum Gasteiger partial charge on any atom is -0.462 e. The van der Waals surface area contributed by atoms with E-state index >= 15 is 0 Å². The Morgan fingerprint density at radius 3 is 0.827 bits per heavy atom. The number of rotatable bonds is 56. The zero-order valence-corrected chi connectivity index (χ0v) is 49.0. The van der Waals surface area contributed by atoms with Crippen molar-refractivity contribution in [2.24, 2.45) is 0 Å². The van der Waals surface area contributed by atoms with Crippen molar-refractivity contribution in [3.63, 3.8) is 0 Å². The molecule has 0 aromatic carbocycles. The fraction of sp³-hybridized carbons (Fsp3) is 0.696. The highest BCUT2D eigenvalue weighted by molar-refractivity contribution is 5.71. The van der Waals surface area contributed by atoms with Gasteiger partial charge in [-0.05, 0) is 122 Å². The fourth-order valence-electron chi connectivity index (χ4n) is 8.60. The highest BCUT2D eigenvalue weighted by Gasteiger charge is 2.19. The number of carbonyl (C=O) groups excluding carboxylic acids is 3. The van der Waals surface area contributed by atoms with Crippen molar-refractivity contribution in [2.45, 2.75) is 297 Å². The molecular formula is C69H116O6. The summed E-state index contributed by atoms with van der Waals surface area (Å²) < 4.78 is 16.9. The second-order valence-corrected chi connectivity index (χ2v) is 20.5. The Balaban J connectivity index is 4.43. The van der Waals surface area contributed by atoms with Crippen molar-refractivity contribution in [3.8, 4) is 0 Å². The van der Waals surface area contributed by atoms with Gasteiger partial charge in [-0.2, -0.15) is 0 Å². The summed E-state index contributed by atoms with van der Waals surface area (Å²) in [5.74, 6) is -0.909. The summed E-state index contributed by atoms with van der Waals surface area (Å²) in [5, 5.41) is 0. The molecule has 0 radical (unpaired) electrons. The first kappa shape index (κ1) is 71.1. The Bertz CT molecular complexity index is 1520. The van der Waals surface area contributed by atoms with E-state index in [1.807, 2.05) is 0 Å². The average Bonchev–Trinajstić information content (AvgIpc) is 3.41. The van der Waals surface area contributed by atoms with Gasteiger partial charge in [-0.3, -0.25) is 14.4 Å². The summed E-state index contributed by atoms with van der Waals surface area (Å²) in [7, 11) is 0. The van der Waals surface area contributed by atoms with Crippen molar-refractivity contribution in [1.29, 1.82) is 0 Å². The topological polar surface area (TPSA) is 78.9 Å². The third kappa shape index (κ3) is 60.8. The highest BCUT2D eigenvalue weighted by Crippen LogP contribution is 2.15. The molecule has 0 saturated heterocycles. The van der Waals surface area contributed by atoms with Crippen LogP contribution < -0.4 is 0 Å². The van der Waals surface area contributed by atoms with Gasteiger partial charge in [0.05, 0.1) is 0 Å². The molecule has 0 aliphatic carbocycles. The molecule has 6 nitrogen and oxygen atoms in total. The van der Waals surface area contributed by atoms with Crippen LogP contribution in [0.2, 0.25) is 0 Å². The molecule has 0 amide bonds. The van der Waals surface area contributed by atoms with Gasteiger partial charge in [0.25, 0.3) is 0 Å². The quantitative estimate of drug-likeness (QED) is 0.0261. The molecule has 0 N–H and O–H groups in total. The normalized spacial score (nSPS) is 12.8. The first-order chi connectivity index (χ1) is 37.0. The van der Waals surface area contributed by atoms with Gasteiger partial charge in [-0.25, -0.2) is 0 Å². The number of allylic oxidation sites excluding steroid dienone is 18. The molecule has 0 saturated carbocycles. The second-order valence-electron chi connectivity index (χ2n) is 20.5. The first-order valence-electron chi connectivity index (χ1n) is 31.4. The van der Waals surface area contributed by atoms with Gasteiger partial charge in [-0.1, -0.05) is 259 Å². The van der Waals surface area contributed by atoms with Crippen LogP contribution in [0.4, 0.5) is 0 Å². The summed E-state index contributed by atoms with van der Waals surface area (Å²) in [6.07, 6.45) is 85.1. The maximum Gasteiger partial charge on any atom is 0.306 e. The van der Waals surface area contributed by atoms with Crippen LogP contribution in [0.3, 0.4) is 0 Å². The largest absolute Gasteiger partial charge is 0.462 e. The molecule has 0 rings (SSSR count). The van der Waals surface area contributed by atoms with E-state index in [1.165, 1.54) is 122 Å². The van der Waals surface area contributed by atoms with E-state index in [0.29, 0.717) is 19.3 Å². The Kier molecular flexibility index (Phi) is 59.3. The first-order valence-corrected chi connectivity index (χ1v) is 31.4. The number of carbonyl (C=O) groups is 3. The lowest BCUT2D eigenvalue weighted by Crippen LogP contribution is -2.30. The fourth-order valence-corrected chi connectivity index (χ4v) is 8.60. The number of ether oxygens (including phenoxy) is 3. The van der Waals surface area contributed by atoms with Crippen LogP contribution >= 0.6 is 0 Å². The molecule has 6 heteroatoms. The lowest BCUT2D eigenvalue weighted by molar-refractivity contribution is -0.167. The molecule has 0 bridgehead atoms. The van der Waals surface area contributed by atoms with E-state index in [2.05, 4.69) is 130 Å². The zero-order valence-electron chi connectivity index (χ0n) is 49.0. The molecule has 0 aromatic rings. The second kappa shape index (κ2) is 62.6. The average molecular weight is 1040 g/mol. The van der Waals surface area contributed by atoms with Gasteiger partial charge in [0.15, 0.2) is 6.10 Å². The van der Waals surface area contributed by atoms with E-state index in [9.17, 15) is 14.4 Å². The molecule has 0 fully saturated rings. The van der Waals surface area contributed by atoms with Crippen molar-refractivity contribution >= 4 is 17.9 Å². The molecule has 1 unspecified atom stereocenters. The standard InChI is InChI=1S/C69H116O6/c1-4-7-10-13-16-19-22-25-28-31-33-34-36-38-41-44-47-50-53-56-59-62-68(71)74-65-66(64-73-67(70)61-58-55-52-49-46-43-40-37-30-27-24-21-18-15-12-9-6-3)75-69(72)63-60-57-54-51-48-45-42-39-35-32-29-26-23-20-17-14-11-8-5-2/h7-8,10-11,16-17,19-20,25-30,33-35,39,66H,4-6,9,12-15,18,21-24,31-32,36-38,40-65H2,1-3H3/b10-7-,11-8-,19-16-,20-17-,28-25-,29-26-,30-27-,34-33-,39-35-. The monoisotopic (exact) mass is 1040 g/mol. The van der Waals surface area contributed by atoms with Gasteiger partial charge < -0.3 is 14.2 Å². The molecular weight excluding hydrogens is 925 g/mol. The highest BCUT2D eigenvalue weighted by atomic mass is 16.6. The van der Waals surface area contributed by atoms with Crippen LogP contribution in [-0.2, 0) is 28.6 Å². The smallest absolute Gasteiger partial charge is 0.306 e. The Morgan fingerprint density at radius 1 is 0.280 bits per heavy atom. The van der Waals surface area contributed by atoms with E-state index in [1.54, 1.807) is 0 Å². The number of esters is 3. The summed E-state index contributed by atoms with van der Waals surface area (Å²) in [6, 6.07) is 0. The van der Waals surface area contributed by atoms with Gasteiger partial charge in [0.1, 0.15) is 13.2 Å². The number of hydrogen-bond acceptors (Lipinski definition) is 6. The maximum absolute atomic E-state index is 12.9. The maximum atomic E-state index is 12.9. The molecule has 0 aliphatic heterocycles. The van der Waals surface area contributed by atoms with Crippen molar-refractivity contribution < 1.29 is 28.6 Å². The molecule has 0 spiro atoms. The molecule has 0 heterocycles. The van der Waals surface area contributed by atoms with Crippen LogP contribution in [0.5, 0.6) is 0 Å². The van der Waals surface area contributed by atoms with Gasteiger partial charge in [0, 0.05) is 19.3 Å². The Labute approximate surface area is 463 Å². The third-order valence-electron chi connectivity index (χ3n) is 13.2. The lowest BCUT2D eigenvalue weighted by Gasteiger charge is -2.18. The SMILES string of the molecule is CC/C=C\C/C=C\C/C=C\C/C=C\CCCCCCCCCCC(=O)OCC(COC(=O)CCCCCCCCC/C=C\CCCCCCCC)OC(=O)CCCCCCCC/C=C\C/C=C\C/C=C\C/C=C\CC. The van der Waals surface area contributed by atoms with Crippen LogP contribution in [0.1, 0.15) is 290 Å². The Morgan fingerprint density at radius 2 is 0.520 bits per heavy atom. The van der Waals surface area contributed by atoms with Gasteiger partial charge in [-0.15, -0.1) is 0 Å². The van der Waals surface area contributed by atoms with Crippen molar-refractivity contribution in [2.75, 3.05) is 13.2 Å². The van der Waals surface area contributed by atoms with E-state index in [0.717, 1.165) is 128 Å². The number of unbranched alkanes of at least 4 members (excludes halogenated alkanes) is 27. The molecule has 0 aromatic heterocycles. The van der Waals surface area contributed by atoms with E-state index in [-0.39, 0.29) is 31.1 Å². The predicted molar refractivity (Wildman–Crippen MR) is 325 cm³/mol. The van der Waals surface area contributed by atoms with Crippen LogP contribution in [0.25, 0.3) is 0 Å². The van der Waals surface area contributed by atoms with E-state index < -0.39 is 6.10 Å². The van der Waals surface area contributed by atoms with Crippen molar-refractivity contribution in [1.82, 2.24) is 0 Å². The summed E-state index contributed by atoms with van der Waals surface area (Å²) >= 11 is 0. The van der Waals surface area contributed by atoms with Gasteiger partial charge in [0.2, 0.25) is 0 Å². The summed E-state index contributed by atoms with van der Waals surface area (Å²) in [6.45, 7) is 6.41. The van der Waals surface area contributed by atoms with Crippen molar-refractivity contribution in [3.05, 3.63) is 109 Å². The van der Waals surface area contributed by atoms with Gasteiger partial charge >= 0.3 is 17.9 Å². The van der Waals surface area contributed by atoms with Crippen LogP contribution in [-0.4, -0.2) is 37.2 Å². The van der Waals surface area contributed by atoms with Crippen LogP contribution in [0.15, 0.2) is 109 Å². The molecule has 75 heavy (non-hydrogen) atoms. The number of hydrogen-bond donors (Lipinski definition) is 0. The molecule has 428 valence electrons. The molecule has 0 aliphatic rings. The van der Waals surface area contributed by atoms with E-state index in [4.69, 9.17) is 14.2 Å². The minimum absolute atomic E-state index is 0.0893. The predicted octanol–water partition coefficient (Wildman–Crippen LogP) is 21.4. The molecule has 1 atom stereocenters. The lowest BCUT2D eigenvalue weighted by atomic mass is 10.1. The summed E-state index contributed by atoms with van der Waals surface area (Å²) in [4.78, 5) is 38.3. The minimum atomic E-state index is -0.794.